The number of aromatic nitrogens is 2. The van der Waals surface area contributed by atoms with Crippen molar-refractivity contribution in [1.82, 2.24) is 9.36 Å². The highest BCUT2D eigenvalue weighted by Gasteiger charge is 2.36. The van der Waals surface area contributed by atoms with Crippen molar-refractivity contribution in [3.8, 4) is 5.75 Å². The van der Waals surface area contributed by atoms with Crippen LogP contribution in [0.5, 0.6) is 5.75 Å². The molecule has 102 valence electrons. The van der Waals surface area contributed by atoms with E-state index in [1.165, 1.54) is 0 Å². The number of phenolic OH excluding ortho intramolecular Hbond substituents is 1. The quantitative estimate of drug-likeness (QED) is 0.908. The van der Waals surface area contributed by atoms with Crippen LogP contribution in [0.1, 0.15) is 11.4 Å². The average molecular weight is 289 g/mol. The van der Waals surface area contributed by atoms with E-state index in [2.05, 4.69) is 14.7 Å². The molecule has 0 saturated heterocycles. The summed E-state index contributed by atoms with van der Waals surface area (Å²) in [5.74, 6) is -0.944. The number of benzene rings is 1. The van der Waals surface area contributed by atoms with E-state index in [1.54, 1.807) is 24.3 Å². The minimum absolute atomic E-state index is 0.145. The predicted octanol–water partition coefficient (Wildman–Crippen LogP) is 2.92. The number of halogens is 3. The number of aromatic hydroxyl groups is 1. The maximum Gasteiger partial charge on any atom is 0.452 e. The Kier molecular flexibility index (Phi) is 3.89. The molecule has 4 nitrogen and oxygen atoms in total. The lowest BCUT2D eigenvalue weighted by molar-refractivity contribution is -0.144. The van der Waals surface area contributed by atoms with E-state index in [9.17, 15) is 13.2 Å². The zero-order valence-electron chi connectivity index (χ0n) is 9.61. The molecular weight excluding hydrogens is 279 g/mol. The van der Waals surface area contributed by atoms with Crippen LogP contribution in [0.4, 0.5) is 18.3 Å². The van der Waals surface area contributed by atoms with Crippen LogP contribution in [0.25, 0.3) is 0 Å². The molecule has 8 heteroatoms. The van der Waals surface area contributed by atoms with Crippen molar-refractivity contribution in [3.63, 3.8) is 0 Å². The van der Waals surface area contributed by atoms with Gasteiger partial charge in [0.2, 0.25) is 11.0 Å². The van der Waals surface area contributed by atoms with Gasteiger partial charge in [0.25, 0.3) is 0 Å². The van der Waals surface area contributed by atoms with E-state index in [0.29, 0.717) is 24.5 Å². The Hall–Kier alpha value is -1.83. The molecule has 0 unspecified atom stereocenters. The number of nitrogens with one attached hydrogen (secondary N) is 1. The molecule has 0 saturated carbocycles. The Bertz CT molecular complexity index is 539. The van der Waals surface area contributed by atoms with Crippen molar-refractivity contribution >= 4 is 16.7 Å². The molecular formula is C11H10F3N3OS. The van der Waals surface area contributed by atoms with E-state index in [1.807, 2.05) is 0 Å². The Balaban J connectivity index is 1.86. The van der Waals surface area contributed by atoms with Crippen LogP contribution in [-0.2, 0) is 12.6 Å². The normalized spacial score (nSPS) is 11.5. The molecule has 0 radical (unpaired) electrons. The summed E-state index contributed by atoms with van der Waals surface area (Å²) in [6.45, 7) is 0.442. The van der Waals surface area contributed by atoms with E-state index < -0.39 is 12.0 Å². The minimum atomic E-state index is -4.51. The Morgan fingerprint density at radius 3 is 2.47 bits per heavy atom. The van der Waals surface area contributed by atoms with Gasteiger partial charge < -0.3 is 10.4 Å². The molecule has 19 heavy (non-hydrogen) atoms. The van der Waals surface area contributed by atoms with Crippen molar-refractivity contribution in [1.29, 1.82) is 0 Å². The summed E-state index contributed by atoms with van der Waals surface area (Å²) in [4.78, 5) is 3.36. The Morgan fingerprint density at radius 1 is 1.21 bits per heavy atom. The lowest BCUT2D eigenvalue weighted by Gasteiger charge is -2.03. The van der Waals surface area contributed by atoms with Crippen LogP contribution in [0.3, 0.4) is 0 Å². The van der Waals surface area contributed by atoms with Gasteiger partial charge in [0.15, 0.2) is 0 Å². The summed E-state index contributed by atoms with van der Waals surface area (Å²) in [6, 6.07) is 6.61. The van der Waals surface area contributed by atoms with Crippen LogP contribution >= 0.6 is 11.5 Å². The summed E-state index contributed by atoms with van der Waals surface area (Å²) in [5, 5.41) is 12.0. The van der Waals surface area contributed by atoms with Crippen molar-refractivity contribution in [3.05, 3.63) is 35.7 Å². The van der Waals surface area contributed by atoms with Crippen LogP contribution in [0, 0.1) is 0 Å². The highest BCUT2D eigenvalue weighted by atomic mass is 32.1. The molecule has 0 fully saturated rings. The van der Waals surface area contributed by atoms with Gasteiger partial charge in [0.1, 0.15) is 5.75 Å². The van der Waals surface area contributed by atoms with E-state index in [4.69, 9.17) is 5.11 Å². The van der Waals surface area contributed by atoms with Crippen LogP contribution in [-0.4, -0.2) is 21.0 Å². The monoisotopic (exact) mass is 289 g/mol. The average Bonchev–Trinajstić information content (AvgIpc) is 2.80. The lowest BCUT2D eigenvalue weighted by atomic mass is 10.1. The Morgan fingerprint density at radius 2 is 1.89 bits per heavy atom. The first kappa shape index (κ1) is 13.6. The third kappa shape index (κ3) is 3.82. The molecule has 0 aliphatic heterocycles. The summed E-state index contributed by atoms with van der Waals surface area (Å²) < 4.78 is 40.0. The first-order valence-electron chi connectivity index (χ1n) is 5.38. The fourth-order valence-corrected chi connectivity index (χ4v) is 2.00. The van der Waals surface area contributed by atoms with Gasteiger partial charge in [-0.3, -0.25) is 0 Å². The zero-order valence-corrected chi connectivity index (χ0v) is 10.4. The number of phenols is 1. The Labute approximate surface area is 111 Å². The van der Waals surface area contributed by atoms with Crippen LogP contribution in [0.2, 0.25) is 0 Å². The fraction of sp³-hybridized carbons (Fsp3) is 0.273. The highest BCUT2D eigenvalue weighted by Crippen LogP contribution is 2.28. The number of anilines is 1. The number of rotatable bonds is 4. The molecule has 0 aliphatic rings. The molecule has 0 amide bonds. The highest BCUT2D eigenvalue weighted by molar-refractivity contribution is 7.09. The zero-order chi connectivity index (χ0) is 13.9. The summed E-state index contributed by atoms with van der Waals surface area (Å²) >= 11 is 0.682. The molecule has 2 aromatic rings. The molecule has 1 aromatic heterocycles. The summed E-state index contributed by atoms with van der Waals surface area (Å²) in [7, 11) is 0. The second-order valence-corrected chi connectivity index (χ2v) is 4.52. The molecule has 2 rings (SSSR count). The van der Waals surface area contributed by atoms with Gasteiger partial charge in [-0.25, -0.2) is 0 Å². The second-order valence-electron chi connectivity index (χ2n) is 3.76. The van der Waals surface area contributed by atoms with E-state index in [0.717, 1.165) is 5.56 Å². The topological polar surface area (TPSA) is 58.0 Å². The fourth-order valence-electron chi connectivity index (χ4n) is 1.39. The smallest absolute Gasteiger partial charge is 0.452 e. The lowest BCUT2D eigenvalue weighted by Crippen LogP contribution is -2.08. The maximum absolute atomic E-state index is 12.3. The third-order valence-corrected chi connectivity index (χ3v) is 2.98. The largest absolute Gasteiger partial charge is 0.508 e. The molecule has 1 heterocycles. The van der Waals surface area contributed by atoms with E-state index >= 15 is 0 Å². The number of alkyl halides is 3. The van der Waals surface area contributed by atoms with Gasteiger partial charge in [0, 0.05) is 18.1 Å². The van der Waals surface area contributed by atoms with Crippen LogP contribution in [0.15, 0.2) is 24.3 Å². The maximum atomic E-state index is 12.3. The van der Waals surface area contributed by atoms with Gasteiger partial charge in [-0.1, -0.05) is 12.1 Å². The van der Waals surface area contributed by atoms with Crippen molar-refractivity contribution in [2.45, 2.75) is 12.6 Å². The summed E-state index contributed by atoms with van der Waals surface area (Å²) in [5.41, 5.74) is 0.964. The number of hydrogen-bond donors (Lipinski definition) is 2. The van der Waals surface area contributed by atoms with Gasteiger partial charge in [-0.05, 0) is 24.1 Å². The molecule has 0 spiro atoms. The second kappa shape index (κ2) is 5.43. The molecule has 1 aromatic carbocycles. The standard InChI is InChI=1S/C11H10F3N3OS/c12-11(13,14)9-16-10(19-17-9)15-6-5-7-1-3-8(18)4-2-7/h1-4,18H,5-6H2,(H,15,16,17). The first-order valence-corrected chi connectivity index (χ1v) is 6.15. The first-order chi connectivity index (χ1) is 8.95. The van der Waals surface area contributed by atoms with Crippen molar-refractivity contribution < 1.29 is 18.3 Å². The SMILES string of the molecule is Oc1ccc(CCNc2nc(C(F)(F)F)ns2)cc1. The minimum Gasteiger partial charge on any atom is -0.508 e. The summed E-state index contributed by atoms with van der Waals surface area (Å²) in [6.07, 6.45) is -3.89. The van der Waals surface area contributed by atoms with Crippen molar-refractivity contribution in [2.75, 3.05) is 11.9 Å². The van der Waals surface area contributed by atoms with Gasteiger partial charge in [0.05, 0.1) is 0 Å². The van der Waals surface area contributed by atoms with Crippen LogP contribution < -0.4 is 5.32 Å². The number of nitrogens with zero attached hydrogens (tertiary/aromatic N) is 2. The molecule has 0 atom stereocenters. The molecule has 2 N–H and O–H groups in total. The molecule has 0 bridgehead atoms. The third-order valence-electron chi connectivity index (χ3n) is 2.31. The number of hydrogen-bond acceptors (Lipinski definition) is 5. The van der Waals surface area contributed by atoms with E-state index in [-0.39, 0.29) is 10.9 Å². The predicted molar refractivity (Wildman–Crippen MR) is 65.2 cm³/mol. The van der Waals surface area contributed by atoms with Gasteiger partial charge in [-0.2, -0.15) is 22.5 Å². The van der Waals surface area contributed by atoms with Crippen molar-refractivity contribution in [2.24, 2.45) is 0 Å². The van der Waals surface area contributed by atoms with Gasteiger partial charge in [-0.15, -0.1) is 0 Å². The van der Waals surface area contributed by atoms with Gasteiger partial charge >= 0.3 is 6.18 Å². The molecule has 0 aliphatic carbocycles.